The van der Waals surface area contributed by atoms with Crippen molar-refractivity contribution < 1.29 is 41.4 Å². The van der Waals surface area contributed by atoms with Crippen LogP contribution in [0.25, 0.3) is 0 Å². The molecule has 0 unspecified atom stereocenters. The van der Waals surface area contributed by atoms with Gasteiger partial charge in [0.1, 0.15) is 0 Å². The van der Waals surface area contributed by atoms with Crippen LogP contribution < -0.4 is 9.62 Å². The largest absolute Gasteiger partial charge is 0.490 e. The topological polar surface area (TPSA) is 124 Å². The summed E-state index contributed by atoms with van der Waals surface area (Å²) in [7, 11) is -3.90. The number of benzene rings is 3. The highest BCUT2D eigenvalue weighted by molar-refractivity contribution is 7.92. The van der Waals surface area contributed by atoms with E-state index in [-0.39, 0.29) is 16.1 Å². The number of rotatable bonds is 10. The summed E-state index contributed by atoms with van der Waals surface area (Å²) in [4.78, 5) is 22.7. The molecule has 0 aliphatic heterocycles. The van der Waals surface area contributed by atoms with Crippen LogP contribution in [0.15, 0.2) is 77.7 Å². The first-order valence-electron chi connectivity index (χ1n) is 11.8. The van der Waals surface area contributed by atoms with E-state index in [9.17, 15) is 31.5 Å². The zero-order chi connectivity index (χ0) is 29.2. The number of carboxylic acid groups (broad SMARTS) is 2. The van der Waals surface area contributed by atoms with Crippen molar-refractivity contribution in [3.8, 4) is 0 Å². The Kier molecular flexibility index (Phi) is 10.9. The smallest absolute Gasteiger partial charge is 0.478 e. The Hall–Kier alpha value is -4.06. The van der Waals surface area contributed by atoms with Crippen LogP contribution in [0.3, 0.4) is 0 Å². The highest BCUT2D eigenvalue weighted by atomic mass is 32.2. The molecule has 0 aliphatic rings. The first kappa shape index (κ1) is 31.2. The number of nitrogens with zero attached hydrogens (tertiary/aromatic N) is 1. The SMILES string of the molecule is CCCCN(Cc1ccccc1)c1ccc(C(=O)O)cc1NS(=O)(=O)c1cccc(C)c1.O=C(O)C(F)(F)F. The van der Waals surface area contributed by atoms with Gasteiger partial charge in [0, 0.05) is 13.1 Å². The fourth-order valence-corrected chi connectivity index (χ4v) is 4.62. The predicted molar refractivity (Wildman–Crippen MR) is 141 cm³/mol. The summed E-state index contributed by atoms with van der Waals surface area (Å²) in [6.07, 6.45) is -3.19. The van der Waals surface area contributed by atoms with Gasteiger partial charge in [-0.2, -0.15) is 13.2 Å². The lowest BCUT2D eigenvalue weighted by Crippen LogP contribution is -2.26. The van der Waals surface area contributed by atoms with Crippen molar-refractivity contribution in [3.05, 3.63) is 89.5 Å². The minimum atomic E-state index is -5.08. The molecular weight excluding hydrogens is 537 g/mol. The number of alkyl halides is 3. The highest BCUT2D eigenvalue weighted by Gasteiger charge is 2.38. The van der Waals surface area contributed by atoms with E-state index in [4.69, 9.17) is 9.90 Å². The number of unbranched alkanes of at least 4 members (excludes halogenated alkanes) is 1. The van der Waals surface area contributed by atoms with E-state index >= 15 is 0 Å². The van der Waals surface area contributed by atoms with Crippen molar-refractivity contribution in [2.75, 3.05) is 16.2 Å². The predicted octanol–water partition coefficient (Wildman–Crippen LogP) is 5.93. The van der Waals surface area contributed by atoms with E-state index in [2.05, 4.69) is 16.5 Å². The molecule has 0 radical (unpaired) electrons. The van der Waals surface area contributed by atoms with Gasteiger partial charge in [-0.25, -0.2) is 18.0 Å². The second kappa shape index (κ2) is 13.7. The second-order valence-corrected chi connectivity index (χ2v) is 10.2. The second-order valence-electron chi connectivity index (χ2n) is 8.52. The summed E-state index contributed by atoms with van der Waals surface area (Å²) in [6.45, 7) is 5.20. The Labute approximate surface area is 224 Å². The van der Waals surface area contributed by atoms with E-state index in [0.717, 1.165) is 24.0 Å². The maximum absolute atomic E-state index is 13.1. The van der Waals surface area contributed by atoms with Gasteiger partial charge < -0.3 is 15.1 Å². The van der Waals surface area contributed by atoms with Crippen LogP contribution in [0.1, 0.15) is 41.3 Å². The lowest BCUT2D eigenvalue weighted by atomic mass is 10.1. The number of halogens is 3. The van der Waals surface area contributed by atoms with Crippen LogP contribution in [0.4, 0.5) is 24.5 Å². The molecule has 0 heterocycles. The monoisotopic (exact) mass is 566 g/mol. The molecule has 39 heavy (non-hydrogen) atoms. The Morgan fingerprint density at radius 1 is 0.949 bits per heavy atom. The molecule has 12 heteroatoms. The third-order valence-corrected chi connectivity index (χ3v) is 6.73. The average molecular weight is 567 g/mol. The first-order chi connectivity index (χ1) is 18.2. The summed E-state index contributed by atoms with van der Waals surface area (Å²) < 4.78 is 60.6. The normalized spacial score (nSPS) is 11.2. The van der Waals surface area contributed by atoms with Crippen LogP contribution in [-0.4, -0.2) is 43.3 Å². The fraction of sp³-hybridized carbons (Fsp3) is 0.259. The number of hydrogen-bond donors (Lipinski definition) is 3. The van der Waals surface area contributed by atoms with Gasteiger partial charge in [-0.05, 0) is 54.8 Å². The molecule has 0 bridgehead atoms. The number of hydrogen-bond acceptors (Lipinski definition) is 5. The summed E-state index contributed by atoms with van der Waals surface area (Å²) in [5.41, 5.74) is 2.81. The molecule has 0 amide bonds. The molecule has 3 aromatic rings. The molecule has 0 atom stereocenters. The van der Waals surface area contributed by atoms with Crippen molar-refractivity contribution in [2.45, 2.75) is 44.3 Å². The van der Waals surface area contributed by atoms with Crippen molar-refractivity contribution in [2.24, 2.45) is 0 Å². The number of carboxylic acids is 2. The highest BCUT2D eigenvalue weighted by Crippen LogP contribution is 2.31. The van der Waals surface area contributed by atoms with Crippen molar-refractivity contribution >= 4 is 33.3 Å². The minimum absolute atomic E-state index is 0.0193. The quantitative estimate of drug-likeness (QED) is 0.278. The van der Waals surface area contributed by atoms with Gasteiger partial charge in [-0.3, -0.25) is 4.72 Å². The van der Waals surface area contributed by atoms with Gasteiger partial charge in [0.05, 0.1) is 21.8 Å². The average Bonchev–Trinajstić information content (AvgIpc) is 2.87. The minimum Gasteiger partial charge on any atom is -0.478 e. The molecule has 0 aromatic heterocycles. The zero-order valence-electron chi connectivity index (χ0n) is 21.3. The van der Waals surface area contributed by atoms with Gasteiger partial charge in [-0.1, -0.05) is 55.8 Å². The third kappa shape index (κ3) is 9.64. The first-order valence-corrected chi connectivity index (χ1v) is 13.3. The van der Waals surface area contributed by atoms with Crippen LogP contribution in [-0.2, 0) is 21.4 Å². The molecular formula is C27H29F3N2O6S. The Balaban J connectivity index is 0.000000673. The lowest BCUT2D eigenvalue weighted by Gasteiger charge is -2.28. The molecule has 210 valence electrons. The van der Waals surface area contributed by atoms with Crippen molar-refractivity contribution in [3.63, 3.8) is 0 Å². The molecule has 0 saturated carbocycles. The molecule has 3 rings (SSSR count). The molecule has 0 saturated heterocycles. The molecule has 0 fully saturated rings. The number of carbonyl (C=O) groups is 2. The Morgan fingerprint density at radius 2 is 1.59 bits per heavy atom. The number of anilines is 2. The van der Waals surface area contributed by atoms with Crippen LogP contribution in [0, 0.1) is 6.92 Å². The fourth-order valence-electron chi connectivity index (χ4n) is 3.45. The maximum Gasteiger partial charge on any atom is 0.490 e. The van der Waals surface area contributed by atoms with Crippen LogP contribution in [0.5, 0.6) is 0 Å². The molecule has 0 spiro atoms. The number of aliphatic carboxylic acids is 1. The third-order valence-electron chi connectivity index (χ3n) is 5.37. The van der Waals surface area contributed by atoms with E-state index in [1.807, 2.05) is 43.3 Å². The lowest BCUT2D eigenvalue weighted by molar-refractivity contribution is -0.192. The molecule has 8 nitrogen and oxygen atoms in total. The van der Waals surface area contributed by atoms with Gasteiger partial charge in [-0.15, -0.1) is 0 Å². The van der Waals surface area contributed by atoms with Gasteiger partial charge in [0.2, 0.25) is 0 Å². The molecule has 3 aromatic carbocycles. The number of aryl methyl sites for hydroxylation is 1. The van der Waals surface area contributed by atoms with E-state index in [1.165, 1.54) is 18.2 Å². The number of aromatic carboxylic acids is 1. The summed E-state index contributed by atoms with van der Waals surface area (Å²) in [5.74, 6) is -3.87. The van der Waals surface area contributed by atoms with E-state index in [0.29, 0.717) is 18.8 Å². The maximum atomic E-state index is 13.1. The van der Waals surface area contributed by atoms with E-state index in [1.54, 1.807) is 18.2 Å². The van der Waals surface area contributed by atoms with Gasteiger partial charge in [0.25, 0.3) is 10.0 Å². The molecule has 3 N–H and O–H groups in total. The van der Waals surface area contributed by atoms with Gasteiger partial charge >= 0.3 is 18.1 Å². The Morgan fingerprint density at radius 3 is 2.13 bits per heavy atom. The van der Waals surface area contributed by atoms with Crippen molar-refractivity contribution in [1.29, 1.82) is 0 Å². The Bertz CT molecular complexity index is 1380. The van der Waals surface area contributed by atoms with Crippen LogP contribution in [0.2, 0.25) is 0 Å². The van der Waals surface area contributed by atoms with E-state index < -0.39 is 28.1 Å². The number of sulfonamides is 1. The standard InChI is InChI=1S/C25H28N2O4S.C2HF3O2/c1-3-4-15-27(18-20-10-6-5-7-11-20)24-14-13-21(25(28)29)17-23(24)26-32(30,31)22-12-8-9-19(2)16-22;3-2(4,5)1(6)7/h5-14,16-17,26H,3-4,15,18H2,1-2H3,(H,28,29);(H,6,7). The summed E-state index contributed by atoms with van der Waals surface area (Å²) in [6, 6.07) is 21.1. The van der Waals surface area contributed by atoms with Crippen molar-refractivity contribution in [1.82, 2.24) is 0 Å². The zero-order valence-corrected chi connectivity index (χ0v) is 22.1. The summed E-state index contributed by atoms with van der Waals surface area (Å²) in [5, 5.41) is 16.6. The molecule has 0 aliphatic carbocycles. The van der Waals surface area contributed by atoms with Crippen LogP contribution >= 0.6 is 0 Å². The summed E-state index contributed by atoms with van der Waals surface area (Å²) >= 11 is 0. The van der Waals surface area contributed by atoms with Gasteiger partial charge in [0.15, 0.2) is 0 Å². The number of nitrogens with one attached hydrogen (secondary N) is 1.